The molecule has 0 bridgehead atoms. The van der Waals surface area contributed by atoms with Gasteiger partial charge in [0.1, 0.15) is 11.2 Å². The summed E-state index contributed by atoms with van der Waals surface area (Å²) >= 11 is 0. The third-order valence-electron chi connectivity index (χ3n) is 5.16. The molecule has 7 nitrogen and oxygen atoms in total. The highest BCUT2D eigenvalue weighted by atomic mass is 16.2. The minimum atomic E-state index is -1.15. The highest BCUT2D eigenvalue weighted by Gasteiger charge is 2.49. The van der Waals surface area contributed by atoms with Crippen LogP contribution in [-0.2, 0) is 16.9 Å². The summed E-state index contributed by atoms with van der Waals surface area (Å²) in [6, 6.07) is 13.7. The molecule has 1 N–H and O–H groups in total. The fraction of sp³-hybridized carbons (Fsp3) is 0.238. The third-order valence-corrected chi connectivity index (χ3v) is 5.16. The minimum absolute atomic E-state index is 0.0637. The molecular weight excluding hydrogens is 356 g/mol. The van der Waals surface area contributed by atoms with Crippen LogP contribution in [0.15, 0.2) is 53.3 Å². The number of nitrogens with one attached hydrogen (secondary N) is 1. The predicted octanol–water partition coefficient (Wildman–Crippen LogP) is 2.28. The van der Waals surface area contributed by atoms with E-state index in [4.69, 9.17) is 0 Å². The lowest BCUT2D eigenvalue weighted by Gasteiger charge is -2.22. The maximum absolute atomic E-state index is 13.1. The molecule has 0 aliphatic carbocycles. The maximum Gasteiger partial charge on any atom is 0.325 e. The van der Waals surface area contributed by atoms with E-state index < -0.39 is 11.6 Å². The van der Waals surface area contributed by atoms with Crippen molar-refractivity contribution in [3.05, 3.63) is 81.4 Å². The monoisotopic (exact) mass is 376 g/mol. The van der Waals surface area contributed by atoms with Crippen molar-refractivity contribution in [2.45, 2.75) is 32.9 Å². The number of fused-ring (bicyclic) bond motifs is 1. The Labute approximate surface area is 161 Å². The number of hydrogen-bond donors (Lipinski definition) is 1. The molecule has 142 valence electrons. The highest BCUT2D eigenvalue weighted by molar-refractivity contribution is 6.07. The fourth-order valence-corrected chi connectivity index (χ4v) is 3.53. The molecule has 1 atom stereocenters. The topological polar surface area (TPSA) is 83.8 Å². The van der Waals surface area contributed by atoms with E-state index in [1.807, 2.05) is 50.2 Å². The first kappa shape index (κ1) is 17.9. The second kappa shape index (κ2) is 6.30. The highest BCUT2D eigenvalue weighted by Crippen LogP contribution is 2.29. The summed E-state index contributed by atoms with van der Waals surface area (Å²) in [6.07, 6.45) is 0. The molecule has 2 aromatic heterocycles. The van der Waals surface area contributed by atoms with Gasteiger partial charge in [-0.05, 0) is 38.5 Å². The van der Waals surface area contributed by atoms with Crippen molar-refractivity contribution in [2.24, 2.45) is 0 Å². The summed E-state index contributed by atoms with van der Waals surface area (Å²) in [6.45, 7) is 5.40. The number of aromatic nitrogens is 2. The molecule has 0 radical (unpaired) electrons. The van der Waals surface area contributed by atoms with E-state index in [1.165, 1.54) is 10.5 Å². The number of amides is 3. The van der Waals surface area contributed by atoms with Gasteiger partial charge >= 0.3 is 6.03 Å². The zero-order chi connectivity index (χ0) is 20.1. The summed E-state index contributed by atoms with van der Waals surface area (Å²) in [7, 11) is 0. The number of hydrogen-bond acceptors (Lipinski definition) is 4. The zero-order valence-corrected chi connectivity index (χ0v) is 15.9. The number of urea groups is 1. The van der Waals surface area contributed by atoms with Crippen molar-refractivity contribution in [1.29, 1.82) is 0 Å². The van der Waals surface area contributed by atoms with Gasteiger partial charge in [0, 0.05) is 11.8 Å². The van der Waals surface area contributed by atoms with E-state index in [-0.39, 0.29) is 18.0 Å². The number of carbonyl (C=O) groups is 2. The van der Waals surface area contributed by atoms with Gasteiger partial charge in [-0.1, -0.05) is 35.9 Å². The summed E-state index contributed by atoms with van der Waals surface area (Å²) in [5.41, 5.74) is 2.00. The van der Waals surface area contributed by atoms with E-state index >= 15 is 0 Å². The Hall–Kier alpha value is -3.48. The molecule has 1 fully saturated rings. The molecule has 1 aliphatic heterocycles. The minimum Gasteiger partial charge on any atom is -0.319 e. The average Bonchev–Trinajstić information content (AvgIpc) is 2.86. The third kappa shape index (κ3) is 2.76. The molecule has 1 unspecified atom stereocenters. The Morgan fingerprint density at radius 3 is 2.46 bits per heavy atom. The first-order valence-corrected chi connectivity index (χ1v) is 8.99. The molecule has 28 heavy (non-hydrogen) atoms. The van der Waals surface area contributed by atoms with Crippen LogP contribution in [0.2, 0.25) is 0 Å². The normalized spacial score (nSPS) is 19.3. The summed E-state index contributed by atoms with van der Waals surface area (Å²) < 4.78 is 1.49. The molecule has 3 aromatic rings. The number of benzene rings is 1. The average molecular weight is 376 g/mol. The van der Waals surface area contributed by atoms with Gasteiger partial charge in [0.25, 0.3) is 11.5 Å². The van der Waals surface area contributed by atoms with Gasteiger partial charge in [-0.3, -0.25) is 18.9 Å². The number of carbonyl (C=O) groups excluding carboxylic acids is 2. The van der Waals surface area contributed by atoms with Crippen molar-refractivity contribution >= 4 is 17.6 Å². The van der Waals surface area contributed by atoms with Crippen LogP contribution < -0.4 is 10.9 Å². The molecular formula is C21H20N4O3. The Morgan fingerprint density at radius 2 is 1.75 bits per heavy atom. The standard InChI is InChI=1S/C21H20N4O3/c1-13-7-9-15(10-8-13)21(3)19(27)24(20(28)23-21)12-16-11-18(26)25-14(2)5-4-6-17(25)22-16/h4-11H,12H2,1-3H3,(H,23,28). The number of rotatable bonds is 3. The van der Waals surface area contributed by atoms with Crippen LogP contribution >= 0.6 is 0 Å². The molecule has 1 aromatic carbocycles. The predicted molar refractivity (Wildman–Crippen MR) is 104 cm³/mol. The first-order chi connectivity index (χ1) is 13.3. The molecule has 1 saturated heterocycles. The van der Waals surface area contributed by atoms with E-state index in [9.17, 15) is 14.4 Å². The molecule has 1 aliphatic rings. The quantitative estimate of drug-likeness (QED) is 0.711. The van der Waals surface area contributed by atoms with Crippen molar-refractivity contribution in [3.63, 3.8) is 0 Å². The first-order valence-electron chi connectivity index (χ1n) is 8.99. The van der Waals surface area contributed by atoms with Crippen molar-refractivity contribution in [1.82, 2.24) is 19.6 Å². The van der Waals surface area contributed by atoms with Gasteiger partial charge in [-0.2, -0.15) is 0 Å². The van der Waals surface area contributed by atoms with E-state index in [0.717, 1.165) is 16.2 Å². The zero-order valence-electron chi connectivity index (χ0n) is 15.9. The SMILES string of the molecule is Cc1ccc(C2(C)NC(=O)N(Cc3cc(=O)n4c(C)cccc4n3)C2=O)cc1. The van der Waals surface area contributed by atoms with Crippen LogP contribution in [0.1, 0.15) is 29.4 Å². The lowest BCUT2D eigenvalue weighted by atomic mass is 9.91. The van der Waals surface area contributed by atoms with Gasteiger partial charge in [0.15, 0.2) is 0 Å². The summed E-state index contributed by atoms with van der Waals surface area (Å²) in [4.78, 5) is 43.6. The summed E-state index contributed by atoms with van der Waals surface area (Å²) in [5.74, 6) is -0.368. The fourth-order valence-electron chi connectivity index (χ4n) is 3.53. The van der Waals surface area contributed by atoms with Crippen LogP contribution in [0, 0.1) is 13.8 Å². The number of aryl methyl sites for hydroxylation is 2. The van der Waals surface area contributed by atoms with Gasteiger partial charge in [0.05, 0.1) is 12.2 Å². The maximum atomic E-state index is 13.1. The van der Waals surface area contributed by atoms with Gasteiger partial charge < -0.3 is 5.32 Å². The van der Waals surface area contributed by atoms with Crippen LogP contribution in [0.3, 0.4) is 0 Å². The Bertz CT molecular complexity index is 1170. The number of pyridine rings is 1. The van der Waals surface area contributed by atoms with Gasteiger partial charge in [0.2, 0.25) is 0 Å². The lowest BCUT2D eigenvalue weighted by molar-refractivity contribution is -0.131. The smallest absolute Gasteiger partial charge is 0.319 e. The molecule has 4 rings (SSSR count). The summed E-state index contributed by atoms with van der Waals surface area (Å²) in [5, 5.41) is 2.77. The molecule has 0 saturated carbocycles. The number of nitrogens with zero attached hydrogens (tertiary/aromatic N) is 3. The van der Waals surface area contributed by atoms with Crippen molar-refractivity contribution < 1.29 is 9.59 Å². The van der Waals surface area contributed by atoms with Crippen LogP contribution in [0.4, 0.5) is 4.79 Å². The van der Waals surface area contributed by atoms with E-state index in [1.54, 1.807) is 13.0 Å². The molecule has 7 heteroatoms. The molecule has 3 heterocycles. The Kier molecular flexibility index (Phi) is 4.03. The van der Waals surface area contributed by atoms with Gasteiger partial charge in [-0.15, -0.1) is 0 Å². The Balaban J connectivity index is 1.68. The second-order valence-electron chi connectivity index (χ2n) is 7.26. The second-order valence-corrected chi connectivity index (χ2v) is 7.26. The van der Waals surface area contributed by atoms with Crippen LogP contribution in [0.25, 0.3) is 5.65 Å². The Morgan fingerprint density at radius 1 is 1.04 bits per heavy atom. The van der Waals surface area contributed by atoms with Crippen molar-refractivity contribution in [3.8, 4) is 0 Å². The van der Waals surface area contributed by atoms with E-state index in [0.29, 0.717) is 16.9 Å². The van der Waals surface area contributed by atoms with Gasteiger partial charge in [-0.25, -0.2) is 9.78 Å². The van der Waals surface area contributed by atoms with Crippen molar-refractivity contribution in [2.75, 3.05) is 0 Å². The van der Waals surface area contributed by atoms with Crippen LogP contribution in [0.5, 0.6) is 0 Å². The largest absolute Gasteiger partial charge is 0.325 e. The lowest BCUT2D eigenvalue weighted by Crippen LogP contribution is -2.40. The molecule has 0 spiro atoms. The molecule has 3 amide bonds. The van der Waals surface area contributed by atoms with Crippen LogP contribution in [-0.4, -0.2) is 26.2 Å². The number of imide groups is 1. The van der Waals surface area contributed by atoms with E-state index in [2.05, 4.69) is 10.3 Å².